The fourth-order valence-electron chi connectivity index (χ4n) is 2.07. The van der Waals surface area contributed by atoms with E-state index in [0.29, 0.717) is 5.02 Å². The molecule has 2 rings (SSSR count). The molecule has 0 fully saturated rings. The minimum absolute atomic E-state index is 0.0694. The molecule has 8 heteroatoms. The Morgan fingerprint density at radius 2 is 1.79 bits per heavy atom. The Balaban J connectivity index is 2.11. The summed E-state index contributed by atoms with van der Waals surface area (Å²) in [5.74, 6) is -1.02. The van der Waals surface area contributed by atoms with Gasteiger partial charge in [-0.25, -0.2) is 4.39 Å². The fourth-order valence-corrected chi connectivity index (χ4v) is 2.60. The van der Waals surface area contributed by atoms with Crippen LogP contribution in [-0.4, -0.2) is 12.5 Å². The predicted molar refractivity (Wildman–Crippen MR) is 84.1 cm³/mol. The van der Waals surface area contributed by atoms with Crippen LogP contribution in [0.4, 0.5) is 17.6 Å². The maximum absolute atomic E-state index is 14.2. The molecule has 2 aromatic rings. The van der Waals surface area contributed by atoms with Crippen LogP contribution in [0.3, 0.4) is 0 Å². The normalized spacial score (nSPS) is 12.8. The summed E-state index contributed by atoms with van der Waals surface area (Å²) in [6.45, 7) is -0.521. The van der Waals surface area contributed by atoms with Gasteiger partial charge in [-0.15, -0.1) is 0 Å². The minimum atomic E-state index is -4.68. The average molecular weight is 380 g/mol. The van der Waals surface area contributed by atoms with Gasteiger partial charge < -0.3 is 5.32 Å². The van der Waals surface area contributed by atoms with Crippen molar-refractivity contribution in [1.29, 1.82) is 0 Å². The topological polar surface area (TPSA) is 29.1 Å². The van der Waals surface area contributed by atoms with E-state index in [2.05, 4.69) is 5.32 Å². The number of rotatable bonds is 4. The van der Waals surface area contributed by atoms with Crippen molar-refractivity contribution < 1.29 is 22.4 Å². The van der Waals surface area contributed by atoms with Crippen LogP contribution in [-0.2, 0) is 6.18 Å². The molecule has 0 aliphatic heterocycles. The zero-order chi connectivity index (χ0) is 17.9. The number of nitrogens with one attached hydrogen (secondary N) is 1. The molecule has 0 aromatic heterocycles. The highest BCUT2D eigenvalue weighted by Crippen LogP contribution is 2.32. The van der Waals surface area contributed by atoms with Crippen molar-refractivity contribution in [2.45, 2.75) is 12.3 Å². The highest BCUT2D eigenvalue weighted by Gasteiger charge is 2.34. The molecule has 24 heavy (non-hydrogen) atoms. The quantitative estimate of drug-likeness (QED) is 0.702. The van der Waals surface area contributed by atoms with Gasteiger partial charge in [0.1, 0.15) is 6.17 Å². The first-order chi connectivity index (χ1) is 11.2. The van der Waals surface area contributed by atoms with E-state index < -0.39 is 35.9 Å². The van der Waals surface area contributed by atoms with E-state index >= 15 is 0 Å². The molecule has 0 radical (unpaired) electrons. The van der Waals surface area contributed by atoms with Gasteiger partial charge in [0.2, 0.25) is 0 Å². The van der Waals surface area contributed by atoms with E-state index in [9.17, 15) is 22.4 Å². The summed E-state index contributed by atoms with van der Waals surface area (Å²) in [6.07, 6.45) is -6.36. The van der Waals surface area contributed by atoms with E-state index in [-0.39, 0.29) is 10.6 Å². The van der Waals surface area contributed by atoms with Crippen LogP contribution in [0, 0.1) is 0 Å². The van der Waals surface area contributed by atoms with Gasteiger partial charge in [-0.2, -0.15) is 13.2 Å². The summed E-state index contributed by atoms with van der Waals surface area (Å²) in [5, 5.41) is 2.53. The molecule has 0 bridgehead atoms. The van der Waals surface area contributed by atoms with Crippen molar-refractivity contribution in [3.8, 4) is 0 Å². The Bertz CT molecular complexity index is 749. The Labute approximate surface area is 145 Å². The Morgan fingerprint density at radius 3 is 2.42 bits per heavy atom. The largest absolute Gasteiger partial charge is 0.417 e. The summed E-state index contributed by atoms with van der Waals surface area (Å²) in [4.78, 5) is 12.0. The number of carbonyl (C=O) groups excluding carboxylic acids is 1. The third-order valence-corrected chi connectivity index (χ3v) is 3.78. The Hall–Kier alpha value is -1.79. The van der Waals surface area contributed by atoms with Gasteiger partial charge in [0.25, 0.3) is 5.91 Å². The third-order valence-electron chi connectivity index (χ3n) is 3.22. The van der Waals surface area contributed by atoms with Crippen molar-refractivity contribution in [3.05, 3.63) is 69.2 Å². The molecule has 0 heterocycles. The summed E-state index contributed by atoms with van der Waals surface area (Å²) >= 11 is 11.6. The SMILES string of the molecule is O=C(NCC(F)c1ccc(Cl)cc1Cl)c1ccccc1C(F)(F)F. The van der Waals surface area contributed by atoms with Gasteiger partial charge in [-0.05, 0) is 24.3 Å². The molecular formula is C16H11Cl2F4NO. The van der Waals surface area contributed by atoms with E-state index in [0.717, 1.165) is 12.1 Å². The number of hydrogen-bond acceptors (Lipinski definition) is 1. The first-order valence-corrected chi connectivity index (χ1v) is 7.49. The Kier molecular flexibility index (Phi) is 5.72. The second kappa shape index (κ2) is 7.40. The maximum Gasteiger partial charge on any atom is 0.417 e. The van der Waals surface area contributed by atoms with Crippen molar-refractivity contribution in [3.63, 3.8) is 0 Å². The number of halogens is 6. The molecule has 1 atom stereocenters. The van der Waals surface area contributed by atoms with Gasteiger partial charge in [-0.1, -0.05) is 41.4 Å². The van der Waals surface area contributed by atoms with Gasteiger partial charge in [0, 0.05) is 15.6 Å². The zero-order valence-electron chi connectivity index (χ0n) is 12.0. The van der Waals surface area contributed by atoms with Crippen molar-refractivity contribution >= 4 is 29.1 Å². The molecule has 0 aliphatic rings. The zero-order valence-corrected chi connectivity index (χ0v) is 13.5. The van der Waals surface area contributed by atoms with Gasteiger partial charge in [-0.3, -0.25) is 4.79 Å². The minimum Gasteiger partial charge on any atom is -0.349 e. The van der Waals surface area contributed by atoms with Crippen molar-refractivity contribution in [2.24, 2.45) is 0 Å². The number of benzene rings is 2. The molecule has 0 aliphatic carbocycles. The monoisotopic (exact) mass is 379 g/mol. The summed E-state index contributed by atoms with van der Waals surface area (Å²) in [5.41, 5.74) is -1.56. The fraction of sp³-hybridized carbons (Fsp3) is 0.188. The van der Waals surface area contributed by atoms with Crippen LogP contribution in [0.25, 0.3) is 0 Å². The van der Waals surface area contributed by atoms with E-state index in [1.807, 2.05) is 0 Å². The molecular weight excluding hydrogens is 369 g/mol. The van der Waals surface area contributed by atoms with Crippen LogP contribution < -0.4 is 5.32 Å². The summed E-state index contributed by atoms with van der Waals surface area (Å²) in [6, 6.07) is 8.41. The van der Waals surface area contributed by atoms with Crippen LogP contribution >= 0.6 is 23.2 Å². The number of carbonyl (C=O) groups is 1. The van der Waals surface area contributed by atoms with Crippen LogP contribution in [0.15, 0.2) is 42.5 Å². The van der Waals surface area contributed by atoms with Crippen LogP contribution in [0.1, 0.15) is 27.7 Å². The molecule has 2 aromatic carbocycles. The maximum atomic E-state index is 14.2. The summed E-state index contributed by atoms with van der Waals surface area (Å²) in [7, 11) is 0. The first kappa shape index (κ1) is 18.5. The average Bonchev–Trinajstić information content (AvgIpc) is 2.51. The predicted octanol–water partition coefficient (Wildman–Crippen LogP) is 5.45. The Morgan fingerprint density at radius 1 is 1.12 bits per heavy atom. The van der Waals surface area contributed by atoms with Crippen LogP contribution in [0.2, 0.25) is 10.0 Å². The number of amides is 1. The van der Waals surface area contributed by atoms with E-state index in [1.54, 1.807) is 0 Å². The molecule has 0 saturated carbocycles. The van der Waals surface area contributed by atoms with E-state index in [4.69, 9.17) is 23.2 Å². The summed E-state index contributed by atoms with van der Waals surface area (Å²) < 4.78 is 52.8. The lowest BCUT2D eigenvalue weighted by atomic mass is 10.1. The molecule has 2 nitrogen and oxygen atoms in total. The molecule has 1 unspecified atom stereocenters. The van der Waals surface area contributed by atoms with Gasteiger partial charge in [0.05, 0.1) is 17.7 Å². The molecule has 0 saturated heterocycles. The number of alkyl halides is 4. The number of hydrogen-bond donors (Lipinski definition) is 1. The smallest absolute Gasteiger partial charge is 0.349 e. The second-order valence-corrected chi connectivity index (χ2v) is 5.73. The van der Waals surface area contributed by atoms with Crippen molar-refractivity contribution in [1.82, 2.24) is 5.32 Å². The molecule has 1 amide bonds. The van der Waals surface area contributed by atoms with Gasteiger partial charge >= 0.3 is 6.18 Å². The molecule has 128 valence electrons. The van der Waals surface area contributed by atoms with Crippen LogP contribution in [0.5, 0.6) is 0 Å². The third kappa shape index (κ3) is 4.39. The van der Waals surface area contributed by atoms with Gasteiger partial charge in [0.15, 0.2) is 0 Å². The molecule has 1 N–H and O–H groups in total. The lowest BCUT2D eigenvalue weighted by molar-refractivity contribution is -0.137. The highest BCUT2D eigenvalue weighted by atomic mass is 35.5. The first-order valence-electron chi connectivity index (χ1n) is 6.73. The second-order valence-electron chi connectivity index (χ2n) is 4.89. The highest BCUT2D eigenvalue weighted by molar-refractivity contribution is 6.35. The van der Waals surface area contributed by atoms with Crippen molar-refractivity contribution in [2.75, 3.05) is 6.54 Å². The lowest BCUT2D eigenvalue weighted by Gasteiger charge is -2.15. The molecule has 0 spiro atoms. The lowest BCUT2D eigenvalue weighted by Crippen LogP contribution is -2.29. The van der Waals surface area contributed by atoms with E-state index in [1.165, 1.54) is 30.3 Å². The standard InChI is InChI=1S/C16H11Cl2F4NO/c17-9-5-6-11(13(18)7-9)14(19)8-23-15(24)10-3-1-2-4-12(10)16(20,21)22/h1-7,14H,8H2,(H,23,24).